The first-order valence-corrected chi connectivity index (χ1v) is 8.07. The largest absolute Gasteiger partial charge is 0.352 e. The third kappa shape index (κ3) is 9.94. The first-order valence-electron chi connectivity index (χ1n) is 8.07. The van der Waals surface area contributed by atoms with Crippen LogP contribution in [0.4, 0.5) is 0 Å². The predicted octanol–water partition coefficient (Wildman–Crippen LogP) is 3.63. The van der Waals surface area contributed by atoms with Crippen LogP contribution in [0.1, 0.15) is 79.6 Å². The van der Waals surface area contributed by atoms with Gasteiger partial charge < -0.3 is 10.6 Å². The quantitative estimate of drug-likeness (QED) is 0.563. The van der Waals surface area contributed by atoms with E-state index in [2.05, 4.69) is 38.3 Å². The molecule has 19 heavy (non-hydrogen) atoms. The lowest BCUT2D eigenvalue weighted by Gasteiger charge is -2.21. The van der Waals surface area contributed by atoms with Crippen LogP contribution in [0.25, 0.3) is 0 Å². The molecule has 3 atom stereocenters. The van der Waals surface area contributed by atoms with Gasteiger partial charge in [0.05, 0.1) is 6.04 Å². The van der Waals surface area contributed by atoms with Crippen molar-refractivity contribution in [2.24, 2.45) is 0 Å². The minimum atomic E-state index is -0.0968. The number of hydrogen-bond donors (Lipinski definition) is 2. The summed E-state index contributed by atoms with van der Waals surface area (Å²) in [6.07, 6.45) is 8.46. The summed E-state index contributed by atoms with van der Waals surface area (Å²) in [6.45, 7) is 10.6. The molecule has 2 N–H and O–H groups in total. The molecule has 0 aromatic heterocycles. The Morgan fingerprint density at radius 1 is 0.895 bits per heavy atom. The highest BCUT2D eigenvalue weighted by atomic mass is 16.2. The molecule has 0 aliphatic carbocycles. The maximum Gasteiger partial charge on any atom is 0.237 e. The van der Waals surface area contributed by atoms with E-state index in [4.69, 9.17) is 0 Å². The first-order chi connectivity index (χ1) is 9.01. The number of amides is 1. The molecule has 3 unspecified atom stereocenters. The van der Waals surface area contributed by atoms with Gasteiger partial charge in [0.1, 0.15) is 0 Å². The van der Waals surface area contributed by atoms with Crippen LogP contribution in [0, 0.1) is 0 Å². The van der Waals surface area contributed by atoms with Gasteiger partial charge in [0.15, 0.2) is 0 Å². The van der Waals surface area contributed by atoms with E-state index in [0.29, 0.717) is 6.04 Å². The maximum atomic E-state index is 12.0. The van der Waals surface area contributed by atoms with Gasteiger partial charge in [-0.1, -0.05) is 46.0 Å². The summed E-state index contributed by atoms with van der Waals surface area (Å²) in [5, 5.41) is 6.45. The van der Waals surface area contributed by atoms with E-state index in [9.17, 15) is 4.79 Å². The topological polar surface area (TPSA) is 41.1 Å². The lowest BCUT2D eigenvalue weighted by molar-refractivity contribution is -0.123. The molecule has 0 aromatic carbocycles. The second kappa shape index (κ2) is 11.3. The molecule has 0 aromatic rings. The van der Waals surface area contributed by atoms with Crippen LogP contribution in [0.3, 0.4) is 0 Å². The second-order valence-corrected chi connectivity index (χ2v) is 5.84. The molecule has 0 heterocycles. The third-order valence-electron chi connectivity index (χ3n) is 3.53. The lowest BCUT2D eigenvalue weighted by Crippen LogP contribution is -2.48. The van der Waals surface area contributed by atoms with Gasteiger partial charge in [-0.3, -0.25) is 4.79 Å². The summed E-state index contributed by atoms with van der Waals surface area (Å²) in [5.41, 5.74) is 0. The van der Waals surface area contributed by atoms with Crippen LogP contribution in [0.2, 0.25) is 0 Å². The first kappa shape index (κ1) is 18.4. The van der Waals surface area contributed by atoms with Crippen molar-refractivity contribution in [2.75, 3.05) is 0 Å². The highest BCUT2D eigenvalue weighted by molar-refractivity contribution is 5.81. The molecule has 1 amide bonds. The molecular weight excluding hydrogens is 236 g/mol. The second-order valence-electron chi connectivity index (χ2n) is 5.84. The maximum absolute atomic E-state index is 12.0. The van der Waals surface area contributed by atoms with Crippen LogP contribution >= 0.6 is 0 Å². The van der Waals surface area contributed by atoms with E-state index >= 15 is 0 Å². The van der Waals surface area contributed by atoms with Gasteiger partial charge in [-0.25, -0.2) is 0 Å². The van der Waals surface area contributed by atoms with Gasteiger partial charge in [0, 0.05) is 12.1 Å². The normalized spacial score (nSPS) is 15.8. The van der Waals surface area contributed by atoms with E-state index in [1.54, 1.807) is 0 Å². The summed E-state index contributed by atoms with van der Waals surface area (Å²) in [4.78, 5) is 12.0. The van der Waals surface area contributed by atoms with E-state index in [1.807, 2.05) is 6.92 Å². The Morgan fingerprint density at radius 2 is 1.58 bits per heavy atom. The van der Waals surface area contributed by atoms with Crippen LogP contribution in [0.15, 0.2) is 0 Å². The fourth-order valence-electron chi connectivity index (χ4n) is 2.34. The van der Waals surface area contributed by atoms with Gasteiger partial charge in [-0.05, 0) is 33.6 Å². The van der Waals surface area contributed by atoms with Gasteiger partial charge in [0.2, 0.25) is 5.91 Å². The van der Waals surface area contributed by atoms with Gasteiger partial charge >= 0.3 is 0 Å². The van der Waals surface area contributed by atoms with Crippen molar-refractivity contribution >= 4 is 5.91 Å². The van der Waals surface area contributed by atoms with Crippen LogP contribution in [0.5, 0.6) is 0 Å². The molecule has 114 valence electrons. The van der Waals surface area contributed by atoms with Crippen molar-refractivity contribution in [2.45, 2.75) is 97.7 Å². The number of nitrogens with one attached hydrogen (secondary N) is 2. The molecule has 0 fully saturated rings. The number of hydrogen-bond acceptors (Lipinski definition) is 2. The van der Waals surface area contributed by atoms with Gasteiger partial charge in [-0.15, -0.1) is 0 Å². The predicted molar refractivity (Wildman–Crippen MR) is 83.3 cm³/mol. The molecule has 0 saturated carbocycles. The molecule has 0 aliphatic heterocycles. The van der Waals surface area contributed by atoms with E-state index in [1.165, 1.54) is 25.7 Å². The Balaban J connectivity index is 3.81. The molecule has 3 heteroatoms. The van der Waals surface area contributed by atoms with Crippen molar-refractivity contribution < 1.29 is 4.79 Å². The Hall–Kier alpha value is -0.570. The molecule has 3 nitrogen and oxygen atoms in total. The molecule has 0 bridgehead atoms. The summed E-state index contributed by atoms with van der Waals surface area (Å²) in [5.74, 6) is 0.126. The molecular formula is C16H34N2O. The summed E-state index contributed by atoms with van der Waals surface area (Å²) in [6, 6.07) is 0.598. The zero-order valence-electron chi connectivity index (χ0n) is 13.6. The van der Waals surface area contributed by atoms with Crippen molar-refractivity contribution in [1.29, 1.82) is 0 Å². The lowest BCUT2D eigenvalue weighted by atomic mass is 10.1. The number of carbonyl (C=O) groups excluding carboxylic acids is 1. The summed E-state index contributed by atoms with van der Waals surface area (Å²) >= 11 is 0. The number of rotatable bonds is 11. The third-order valence-corrected chi connectivity index (χ3v) is 3.53. The van der Waals surface area contributed by atoms with Crippen LogP contribution in [-0.4, -0.2) is 24.0 Å². The Bertz CT molecular complexity index is 231. The smallest absolute Gasteiger partial charge is 0.237 e. The summed E-state index contributed by atoms with van der Waals surface area (Å²) < 4.78 is 0. The fourth-order valence-corrected chi connectivity index (χ4v) is 2.34. The zero-order valence-corrected chi connectivity index (χ0v) is 13.6. The highest BCUT2D eigenvalue weighted by Gasteiger charge is 2.16. The average Bonchev–Trinajstić information content (AvgIpc) is 2.34. The van der Waals surface area contributed by atoms with Crippen molar-refractivity contribution in [3.8, 4) is 0 Å². The minimum absolute atomic E-state index is 0.0968. The molecule has 0 radical (unpaired) electrons. The molecule has 0 spiro atoms. The van der Waals surface area contributed by atoms with Crippen molar-refractivity contribution in [3.63, 3.8) is 0 Å². The molecule has 0 saturated heterocycles. The van der Waals surface area contributed by atoms with E-state index in [-0.39, 0.29) is 18.0 Å². The Labute approximate surface area is 119 Å². The number of unbranched alkanes of at least 4 members (excludes halogenated alkanes) is 3. The van der Waals surface area contributed by atoms with Crippen molar-refractivity contribution in [3.05, 3.63) is 0 Å². The summed E-state index contributed by atoms with van der Waals surface area (Å²) in [7, 11) is 0. The fraction of sp³-hybridized carbons (Fsp3) is 0.938. The van der Waals surface area contributed by atoms with Crippen molar-refractivity contribution in [1.82, 2.24) is 10.6 Å². The average molecular weight is 270 g/mol. The standard InChI is InChI=1S/C16H34N2O/c1-6-8-9-10-12-14(4)17-15(5)16(19)18-13(3)11-7-2/h13-15,17H,6-12H2,1-5H3,(H,18,19). The van der Waals surface area contributed by atoms with Gasteiger partial charge in [-0.2, -0.15) is 0 Å². The van der Waals surface area contributed by atoms with Gasteiger partial charge in [0.25, 0.3) is 0 Å². The van der Waals surface area contributed by atoms with Crippen LogP contribution < -0.4 is 10.6 Å². The highest BCUT2D eigenvalue weighted by Crippen LogP contribution is 2.06. The Kier molecular flexibility index (Phi) is 10.9. The van der Waals surface area contributed by atoms with E-state index in [0.717, 1.165) is 19.3 Å². The molecule has 0 rings (SSSR count). The SMILES string of the molecule is CCCCCCC(C)NC(C)C(=O)NC(C)CCC. The monoisotopic (exact) mass is 270 g/mol. The van der Waals surface area contributed by atoms with Crippen LogP contribution in [-0.2, 0) is 4.79 Å². The molecule has 0 aliphatic rings. The zero-order chi connectivity index (χ0) is 14.7. The van der Waals surface area contributed by atoms with E-state index < -0.39 is 0 Å². The number of carbonyl (C=O) groups is 1. The Morgan fingerprint density at radius 3 is 2.16 bits per heavy atom. The minimum Gasteiger partial charge on any atom is -0.352 e.